The number of carbonyl (C=O) groups excluding carboxylic acids is 1. The molecular weight excluding hydrogens is 367 g/mol. The van der Waals surface area contributed by atoms with E-state index in [1.165, 1.54) is 34.7 Å². The van der Waals surface area contributed by atoms with Crippen molar-refractivity contribution in [1.29, 1.82) is 0 Å². The van der Waals surface area contributed by atoms with Crippen molar-refractivity contribution < 1.29 is 9.18 Å². The van der Waals surface area contributed by atoms with Gasteiger partial charge in [0.2, 0.25) is 5.91 Å². The van der Waals surface area contributed by atoms with Gasteiger partial charge in [-0.2, -0.15) is 0 Å². The molecule has 26 heavy (non-hydrogen) atoms. The lowest BCUT2D eigenvalue weighted by Crippen LogP contribution is -2.30. The number of anilines is 1. The summed E-state index contributed by atoms with van der Waals surface area (Å²) in [6.45, 7) is 0.733. The van der Waals surface area contributed by atoms with Crippen LogP contribution in [0.5, 0.6) is 0 Å². The number of para-hydroxylation sites is 1. The van der Waals surface area contributed by atoms with Gasteiger partial charge in [-0.15, -0.1) is 11.3 Å². The summed E-state index contributed by atoms with van der Waals surface area (Å²) in [6.07, 6.45) is 1.20. The summed E-state index contributed by atoms with van der Waals surface area (Å²) in [4.78, 5) is 19.0. The number of thiazole rings is 1. The molecule has 0 fully saturated rings. The molecule has 132 valence electrons. The van der Waals surface area contributed by atoms with Gasteiger partial charge in [0.1, 0.15) is 10.2 Å². The van der Waals surface area contributed by atoms with E-state index in [9.17, 15) is 9.18 Å². The first-order valence-electron chi connectivity index (χ1n) is 8.39. The van der Waals surface area contributed by atoms with E-state index in [0.717, 1.165) is 28.7 Å². The van der Waals surface area contributed by atoms with Crippen molar-refractivity contribution in [2.75, 3.05) is 11.4 Å². The topological polar surface area (TPSA) is 33.2 Å². The SMILES string of the molecule is O=C(Cc1csc(SCc2ccccc2F)n1)N1CCc2ccccc21. The summed E-state index contributed by atoms with van der Waals surface area (Å²) in [5, 5.41) is 1.92. The molecule has 0 N–H and O–H groups in total. The van der Waals surface area contributed by atoms with Gasteiger partial charge in [0.15, 0.2) is 0 Å². The molecule has 0 spiro atoms. The number of hydrogen-bond acceptors (Lipinski definition) is 4. The smallest absolute Gasteiger partial charge is 0.233 e. The first kappa shape index (κ1) is 17.2. The van der Waals surface area contributed by atoms with Gasteiger partial charge in [-0.1, -0.05) is 48.2 Å². The van der Waals surface area contributed by atoms with Crippen molar-refractivity contribution in [3.05, 3.63) is 76.5 Å². The Balaban J connectivity index is 1.38. The largest absolute Gasteiger partial charge is 0.311 e. The third-order valence-electron chi connectivity index (χ3n) is 4.36. The molecule has 1 aromatic heterocycles. The van der Waals surface area contributed by atoms with E-state index >= 15 is 0 Å². The Labute approximate surface area is 159 Å². The Morgan fingerprint density at radius 3 is 2.88 bits per heavy atom. The van der Waals surface area contributed by atoms with E-state index in [4.69, 9.17) is 0 Å². The third-order valence-corrected chi connectivity index (χ3v) is 6.48. The van der Waals surface area contributed by atoms with E-state index in [1.807, 2.05) is 34.5 Å². The van der Waals surface area contributed by atoms with E-state index < -0.39 is 0 Å². The normalized spacial score (nSPS) is 13.0. The van der Waals surface area contributed by atoms with Crippen molar-refractivity contribution in [2.45, 2.75) is 22.9 Å². The van der Waals surface area contributed by atoms with Gasteiger partial charge < -0.3 is 4.90 Å². The summed E-state index contributed by atoms with van der Waals surface area (Å²) in [7, 11) is 0. The monoisotopic (exact) mass is 384 g/mol. The Hall–Kier alpha value is -2.18. The van der Waals surface area contributed by atoms with E-state index in [2.05, 4.69) is 11.1 Å². The number of carbonyl (C=O) groups is 1. The fourth-order valence-electron chi connectivity index (χ4n) is 3.04. The van der Waals surface area contributed by atoms with Crippen molar-refractivity contribution in [3.63, 3.8) is 0 Å². The highest BCUT2D eigenvalue weighted by Gasteiger charge is 2.24. The Bertz CT molecular complexity index is 941. The van der Waals surface area contributed by atoms with Crippen LogP contribution in [0.1, 0.15) is 16.8 Å². The summed E-state index contributed by atoms with van der Waals surface area (Å²) in [5.41, 5.74) is 3.68. The second-order valence-corrected chi connectivity index (χ2v) is 8.17. The highest BCUT2D eigenvalue weighted by Crippen LogP contribution is 2.30. The number of thioether (sulfide) groups is 1. The van der Waals surface area contributed by atoms with Crippen molar-refractivity contribution in [1.82, 2.24) is 4.98 Å². The van der Waals surface area contributed by atoms with Crippen molar-refractivity contribution >= 4 is 34.7 Å². The molecule has 1 aliphatic heterocycles. The predicted octanol–water partition coefficient (Wildman–Crippen LogP) is 4.71. The van der Waals surface area contributed by atoms with Crippen molar-refractivity contribution in [3.8, 4) is 0 Å². The summed E-state index contributed by atoms with van der Waals surface area (Å²) < 4.78 is 14.5. The van der Waals surface area contributed by atoms with Gasteiger partial charge in [0, 0.05) is 23.4 Å². The molecule has 0 saturated carbocycles. The van der Waals surface area contributed by atoms with Crippen LogP contribution in [0.15, 0.2) is 58.3 Å². The first-order chi connectivity index (χ1) is 12.7. The van der Waals surface area contributed by atoms with Crippen LogP contribution in [-0.2, 0) is 23.4 Å². The van der Waals surface area contributed by atoms with Gasteiger partial charge in [-0.3, -0.25) is 4.79 Å². The number of amides is 1. The summed E-state index contributed by atoms with van der Waals surface area (Å²) in [6, 6.07) is 14.8. The zero-order valence-corrected chi connectivity index (χ0v) is 15.7. The Kier molecular flexibility index (Phi) is 5.04. The van der Waals surface area contributed by atoms with Crippen LogP contribution in [0.25, 0.3) is 0 Å². The maximum absolute atomic E-state index is 13.7. The van der Waals surface area contributed by atoms with Crippen LogP contribution in [0, 0.1) is 5.82 Å². The standard InChI is InChI=1S/C20H17FN2OS2/c21-17-7-3-1-6-15(17)12-25-20-22-16(13-26-20)11-19(24)23-10-9-14-5-2-4-8-18(14)23/h1-8,13H,9-12H2. The second-order valence-electron chi connectivity index (χ2n) is 6.09. The molecule has 0 unspecified atom stereocenters. The molecule has 4 rings (SSSR count). The quantitative estimate of drug-likeness (QED) is 0.598. The molecule has 0 radical (unpaired) electrons. The summed E-state index contributed by atoms with van der Waals surface area (Å²) >= 11 is 3.00. The molecule has 0 atom stereocenters. The molecule has 0 saturated heterocycles. The molecule has 1 aliphatic rings. The molecule has 1 amide bonds. The minimum Gasteiger partial charge on any atom is -0.311 e. The van der Waals surface area contributed by atoms with Crippen LogP contribution in [0.4, 0.5) is 10.1 Å². The highest BCUT2D eigenvalue weighted by atomic mass is 32.2. The summed E-state index contributed by atoms with van der Waals surface area (Å²) in [5.74, 6) is 0.415. The lowest BCUT2D eigenvalue weighted by atomic mass is 10.2. The fourth-order valence-corrected chi connectivity index (χ4v) is 4.87. The van der Waals surface area contributed by atoms with Gasteiger partial charge >= 0.3 is 0 Å². The highest BCUT2D eigenvalue weighted by molar-refractivity contribution is 8.00. The van der Waals surface area contributed by atoms with Gasteiger partial charge in [0.05, 0.1) is 12.1 Å². The fraction of sp³-hybridized carbons (Fsp3) is 0.200. The van der Waals surface area contributed by atoms with Gasteiger partial charge in [0.25, 0.3) is 0 Å². The predicted molar refractivity (Wildman–Crippen MR) is 104 cm³/mol. The van der Waals surface area contributed by atoms with Crippen LogP contribution >= 0.6 is 23.1 Å². The lowest BCUT2D eigenvalue weighted by Gasteiger charge is -2.16. The molecule has 0 aliphatic carbocycles. The number of aromatic nitrogens is 1. The number of halogens is 1. The van der Waals surface area contributed by atoms with Crippen LogP contribution < -0.4 is 4.90 Å². The first-order valence-corrected chi connectivity index (χ1v) is 10.3. The van der Waals surface area contributed by atoms with Crippen LogP contribution in [0.3, 0.4) is 0 Å². The van der Waals surface area contributed by atoms with E-state index in [-0.39, 0.29) is 11.7 Å². The zero-order valence-electron chi connectivity index (χ0n) is 14.0. The maximum atomic E-state index is 13.7. The molecule has 3 nitrogen and oxygen atoms in total. The Morgan fingerprint density at radius 1 is 1.19 bits per heavy atom. The minimum absolute atomic E-state index is 0.0749. The van der Waals surface area contributed by atoms with Crippen LogP contribution in [0.2, 0.25) is 0 Å². The molecule has 3 aromatic rings. The molecular formula is C20H17FN2OS2. The number of fused-ring (bicyclic) bond motifs is 1. The Morgan fingerprint density at radius 2 is 2.00 bits per heavy atom. The second kappa shape index (κ2) is 7.60. The minimum atomic E-state index is -0.195. The number of benzene rings is 2. The molecule has 2 aromatic carbocycles. The molecule has 0 bridgehead atoms. The molecule has 2 heterocycles. The van der Waals surface area contributed by atoms with Gasteiger partial charge in [-0.05, 0) is 29.7 Å². The lowest BCUT2D eigenvalue weighted by molar-refractivity contribution is -0.117. The maximum Gasteiger partial charge on any atom is 0.233 e. The van der Waals surface area contributed by atoms with E-state index in [1.54, 1.807) is 12.1 Å². The van der Waals surface area contributed by atoms with Crippen molar-refractivity contribution in [2.24, 2.45) is 0 Å². The third kappa shape index (κ3) is 3.66. The number of hydrogen-bond donors (Lipinski definition) is 0. The van der Waals surface area contributed by atoms with Gasteiger partial charge in [-0.25, -0.2) is 9.37 Å². The number of rotatable bonds is 5. The van der Waals surface area contributed by atoms with Crippen LogP contribution in [-0.4, -0.2) is 17.4 Å². The van der Waals surface area contributed by atoms with E-state index in [0.29, 0.717) is 17.7 Å². The zero-order chi connectivity index (χ0) is 17.9. The molecule has 6 heteroatoms. The number of nitrogens with zero attached hydrogens (tertiary/aromatic N) is 2. The average molecular weight is 385 g/mol. The average Bonchev–Trinajstić information content (AvgIpc) is 3.28.